The highest BCUT2D eigenvalue weighted by Gasteiger charge is 2.59. The van der Waals surface area contributed by atoms with E-state index in [-0.39, 0.29) is 11.7 Å². The number of likely N-dealkylation sites (N-methyl/N-ethyl adjacent to an activating group) is 1. The molecule has 0 spiro atoms. The van der Waals surface area contributed by atoms with E-state index < -0.39 is 5.54 Å². The predicted octanol–water partition coefficient (Wildman–Crippen LogP) is 4.70. The summed E-state index contributed by atoms with van der Waals surface area (Å²) in [5.74, 6) is 0.284. The number of ether oxygens (including phenoxy) is 1. The predicted molar refractivity (Wildman–Crippen MR) is 104 cm³/mol. The van der Waals surface area contributed by atoms with Crippen molar-refractivity contribution in [3.8, 4) is 18.1 Å². The first-order valence-corrected chi connectivity index (χ1v) is 9.02. The van der Waals surface area contributed by atoms with Gasteiger partial charge in [-0.25, -0.2) is 0 Å². The maximum absolute atomic E-state index is 10.8. The lowest BCUT2D eigenvalue weighted by atomic mass is 9.77. The molecule has 1 fully saturated rings. The van der Waals surface area contributed by atoms with Crippen molar-refractivity contribution < 1.29 is 9.84 Å². The van der Waals surface area contributed by atoms with Crippen LogP contribution in [0.1, 0.15) is 17.0 Å². The molecule has 6 heteroatoms. The second-order valence-electron chi connectivity index (χ2n) is 6.33. The van der Waals surface area contributed by atoms with Crippen LogP contribution in [0.4, 0.5) is 0 Å². The van der Waals surface area contributed by atoms with Gasteiger partial charge in [0.15, 0.2) is 11.5 Å². The van der Waals surface area contributed by atoms with E-state index in [0.717, 1.165) is 16.6 Å². The standard InChI is InChI=1S/C19H18BrClN2O2/c1-22-19(14-8-12(21)9-17(25-3)18(14)24)11-23(2)10-15(19)13-6-4-5-7-16(13)20/h1,4-9,15H,10-11H2,2-3H3/p+1. The van der Waals surface area contributed by atoms with Gasteiger partial charge in [-0.15, -0.1) is 0 Å². The molecule has 4 nitrogen and oxygen atoms in total. The third-order valence-electron chi connectivity index (χ3n) is 4.82. The van der Waals surface area contributed by atoms with Crippen molar-refractivity contribution in [2.45, 2.75) is 11.5 Å². The van der Waals surface area contributed by atoms with Crippen molar-refractivity contribution in [1.29, 1.82) is 0 Å². The molecule has 1 saturated heterocycles. The van der Waals surface area contributed by atoms with E-state index in [2.05, 4.69) is 25.7 Å². The van der Waals surface area contributed by atoms with E-state index in [1.807, 2.05) is 31.3 Å². The molecule has 1 aliphatic rings. The van der Waals surface area contributed by atoms with Gasteiger partial charge in [-0.1, -0.05) is 50.6 Å². The van der Waals surface area contributed by atoms with Crippen molar-refractivity contribution in [1.82, 2.24) is 4.90 Å². The third-order valence-corrected chi connectivity index (χ3v) is 5.76. The molecule has 0 saturated carbocycles. The average molecular weight is 423 g/mol. The van der Waals surface area contributed by atoms with E-state index in [1.165, 1.54) is 7.11 Å². The lowest BCUT2D eigenvalue weighted by Gasteiger charge is -2.23. The third kappa shape index (κ3) is 2.99. The number of likely N-dealkylation sites (tertiary alicyclic amines) is 1. The van der Waals surface area contributed by atoms with E-state index in [9.17, 15) is 5.11 Å². The molecule has 0 amide bonds. The minimum absolute atomic E-state index is 0.0217. The highest BCUT2D eigenvalue weighted by molar-refractivity contribution is 9.10. The summed E-state index contributed by atoms with van der Waals surface area (Å²) in [6.45, 7) is 7.25. The summed E-state index contributed by atoms with van der Waals surface area (Å²) in [6, 6.07) is 11.3. The molecule has 2 unspecified atom stereocenters. The zero-order chi connectivity index (χ0) is 18.2. The van der Waals surface area contributed by atoms with Gasteiger partial charge >= 0.3 is 5.54 Å². The fourth-order valence-electron chi connectivity index (χ4n) is 3.70. The monoisotopic (exact) mass is 421 g/mol. The van der Waals surface area contributed by atoms with Crippen LogP contribution in [-0.4, -0.2) is 37.3 Å². The summed E-state index contributed by atoms with van der Waals surface area (Å²) in [5, 5.41) is 11.2. The Bertz CT molecular complexity index is 852. The lowest BCUT2D eigenvalue weighted by Crippen LogP contribution is -2.31. The molecule has 1 N–H and O–H groups in total. The molecule has 1 aliphatic heterocycles. The molecule has 0 aromatic heterocycles. The number of benzene rings is 2. The Morgan fingerprint density at radius 3 is 2.76 bits per heavy atom. The number of rotatable bonds is 3. The van der Waals surface area contributed by atoms with Crippen molar-refractivity contribution in [3.05, 3.63) is 61.9 Å². The molecule has 2 aromatic rings. The number of phenols is 1. The van der Waals surface area contributed by atoms with Gasteiger partial charge in [0.05, 0.1) is 25.1 Å². The molecular formula is C19H19BrClN2O2+. The molecule has 2 atom stereocenters. The van der Waals surface area contributed by atoms with E-state index in [0.29, 0.717) is 22.9 Å². The smallest absolute Gasteiger partial charge is 0.329 e. The van der Waals surface area contributed by atoms with Gasteiger partial charge in [-0.05, 0) is 24.7 Å². The fourth-order valence-corrected chi connectivity index (χ4v) is 4.46. The highest BCUT2D eigenvalue weighted by atomic mass is 79.9. The maximum atomic E-state index is 10.8. The van der Waals surface area contributed by atoms with E-state index >= 15 is 0 Å². The highest BCUT2D eigenvalue weighted by Crippen LogP contribution is 2.52. The van der Waals surface area contributed by atoms with E-state index in [4.69, 9.17) is 22.9 Å². The second-order valence-corrected chi connectivity index (χ2v) is 7.62. The number of hydrogen-bond donors (Lipinski definition) is 1. The summed E-state index contributed by atoms with van der Waals surface area (Å²) in [7, 11) is 3.50. The Labute approximate surface area is 160 Å². The summed E-state index contributed by atoms with van der Waals surface area (Å²) in [4.78, 5) is 6.43. The van der Waals surface area contributed by atoms with Crippen LogP contribution in [0.15, 0.2) is 40.9 Å². The van der Waals surface area contributed by atoms with Crippen LogP contribution in [-0.2, 0) is 5.54 Å². The first-order chi connectivity index (χ1) is 11.9. The number of aromatic hydroxyl groups is 1. The van der Waals surface area contributed by atoms with Crippen LogP contribution in [0, 0.1) is 6.57 Å². The summed E-state index contributed by atoms with van der Waals surface area (Å²) >= 11 is 9.89. The normalized spacial score (nSPS) is 23.4. The molecule has 0 bridgehead atoms. The van der Waals surface area contributed by atoms with Crippen molar-refractivity contribution in [2.75, 3.05) is 27.2 Å². The zero-order valence-electron chi connectivity index (χ0n) is 14.0. The number of nitrogens with zero attached hydrogens (tertiary/aromatic N) is 2. The number of methoxy groups -OCH3 is 1. The minimum Gasteiger partial charge on any atom is -0.504 e. The topological polar surface area (TPSA) is 37.1 Å². The number of halogens is 2. The lowest BCUT2D eigenvalue weighted by molar-refractivity contribution is 0.356. The molecule has 0 aliphatic carbocycles. The molecular weight excluding hydrogens is 404 g/mol. The zero-order valence-corrected chi connectivity index (χ0v) is 16.4. The van der Waals surface area contributed by atoms with Gasteiger partial charge in [-0.2, -0.15) is 0 Å². The van der Waals surface area contributed by atoms with Crippen LogP contribution in [0.5, 0.6) is 11.5 Å². The molecule has 1 heterocycles. The average Bonchev–Trinajstić information content (AvgIpc) is 2.94. The Balaban J connectivity index is 2.25. The van der Waals surface area contributed by atoms with Crippen LogP contribution in [0.25, 0.3) is 4.85 Å². The molecule has 2 aromatic carbocycles. The largest absolute Gasteiger partial charge is 0.504 e. The Morgan fingerprint density at radius 1 is 1.40 bits per heavy atom. The molecule has 0 radical (unpaired) electrons. The summed E-state index contributed by atoms with van der Waals surface area (Å²) in [5.41, 5.74) is 0.824. The minimum atomic E-state index is -0.832. The van der Waals surface area contributed by atoms with Gasteiger partial charge in [0.25, 0.3) is 6.57 Å². The Hall–Kier alpha value is -1.74. The van der Waals surface area contributed by atoms with Crippen LogP contribution >= 0.6 is 27.5 Å². The SMILES string of the molecule is C#[N+]C1(c2cc(Cl)cc(OC)c2O)CN(C)CC1c1ccccc1Br. The molecule has 3 rings (SSSR count). The van der Waals surface area contributed by atoms with Gasteiger partial charge in [0.1, 0.15) is 0 Å². The summed E-state index contributed by atoms with van der Waals surface area (Å²) < 4.78 is 6.25. The molecule has 130 valence electrons. The van der Waals surface area contributed by atoms with Crippen molar-refractivity contribution in [2.24, 2.45) is 0 Å². The van der Waals surface area contributed by atoms with Gasteiger partial charge in [-0.3, -0.25) is 4.90 Å². The second kappa shape index (κ2) is 6.87. The van der Waals surface area contributed by atoms with Crippen molar-refractivity contribution >= 4 is 27.5 Å². The Morgan fingerprint density at radius 2 is 2.12 bits per heavy atom. The van der Waals surface area contributed by atoms with E-state index in [1.54, 1.807) is 12.1 Å². The van der Waals surface area contributed by atoms with Crippen molar-refractivity contribution in [3.63, 3.8) is 0 Å². The number of hydrogen-bond acceptors (Lipinski definition) is 3. The first kappa shape index (κ1) is 18.1. The fraction of sp³-hybridized carbons (Fsp3) is 0.316. The first-order valence-electron chi connectivity index (χ1n) is 7.85. The van der Waals surface area contributed by atoms with Gasteiger partial charge in [0.2, 0.25) is 0 Å². The van der Waals surface area contributed by atoms with Gasteiger partial charge < -0.3 is 9.84 Å². The quantitative estimate of drug-likeness (QED) is 0.779. The summed E-state index contributed by atoms with van der Waals surface area (Å²) in [6.07, 6.45) is 0. The van der Waals surface area contributed by atoms with Gasteiger partial charge in [0, 0.05) is 22.1 Å². The maximum Gasteiger partial charge on any atom is 0.329 e. The van der Waals surface area contributed by atoms with Crippen LogP contribution < -0.4 is 4.74 Å². The van der Waals surface area contributed by atoms with Crippen LogP contribution in [0.3, 0.4) is 0 Å². The number of phenolic OH excluding ortho intramolecular Hbond substituents is 1. The van der Waals surface area contributed by atoms with Crippen LogP contribution in [0.2, 0.25) is 5.02 Å². The molecule has 25 heavy (non-hydrogen) atoms. The Kier molecular flexibility index (Phi) is 4.97.